The molecule has 82 valence electrons. The van der Waals surface area contributed by atoms with Crippen LogP contribution in [0.4, 0.5) is 0 Å². The smallest absolute Gasteiger partial charge is 0.0632 e. The molecule has 0 heterocycles. The number of ether oxygens (including phenoxy) is 1. The Kier molecular flexibility index (Phi) is 3.36. The standard InChI is InChI=1S/C12H18N2O/c1-15-8-12(14-13)11-6-9-4-2-3-5-10(9)7-11/h2-5,11-12,14H,6-8,13H2,1H3. The van der Waals surface area contributed by atoms with Gasteiger partial charge in [0.1, 0.15) is 0 Å². The van der Waals surface area contributed by atoms with E-state index in [1.54, 1.807) is 7.11 Å². The van der Waals surface area contributed by atoms with Gasteiger partial charge < -0.3 is 4.74 Å². The number of methoxy groups -OCH3 is 1. The molecular formula is C12H18N2O. The fourth-order valence-corrected chi connectivity index (χ4v) is 2.38. The van der Waals surface area contributed by atoms with E-state index in [-0.39, 0.29) is 6.04 Å². The lowest BCUT2D eigenvalue weighted by atomic mass is 9.98. The van der Waals surface area contributed by atoms with Gasteiger partial charge in [-0.25, -0.2) is 0 Å². The average molecular weight is 206 g/mol. The van der Waals surface area contributed by atoms with Gasteiger partial charge >= 0.3 is 0 Å². The van der Waals surface area contributed by atoms with Crippen molar-refractivity contribution in [1.82, 2.24) is 5.43 Å². The molecule has 1 aromatic rings. The molecular weight excluding hydrogens is 188 g/mol. The maximum absolute atomic E-state index is 5.54. The molecule has 1 unspecified atom stereocenters. The molecule has 0 aromatic heterocycles. The zero-order chi connectivity index (χ0) is 10.7. The third-order valence-electron chi connectivity index (χ3n) is 3.21. The summed E-state index contributed by atoms with van der Waals surface area (Å²) in [7, 11) is 1.71. The second-order valence-corrected chi connectivity index (χ2v) is 4.17. The van der Waals surface area contributed by atoms with Crippen molar-refractivity contribution in [2.45, 2.75) is 18.9 Å². The van der Waals surface area contributed by atoms with Crippen molar-refractivity contribution in [3.8, 4) is 0 Å². The Bertz CT molecular complexity index is 302. The summed E-state index contributed by atoms with van der Waals surface area (Å²) < 4.78 is 5.16. The molecule has 2 rings (SSSR count). The molecule has 0 aliphatic heterocycles. The number of rotatable bonds is 4. The van der Waals surface area contributed by atoms with Crippen LogP contribution in [0, 0.1) is 5.92 Å². The highest BCUT2D eigenvalue weighted by Crippen LogP contribution is 2.28. The van der Waals surface area contributed by atoms with Gasteiger partial charge in [-0.3, -0.25) is 11.3 Å². The summed E-state index contributed by atoms with van der Waals surface area (Å²) in [6.45, 7) is 0.676. The van der Waals surface area contributed by atoms with Gasteiger partial charge in [-0.2, -0.15) is 0 Å². The van der Waals surface area contributed by atoms with Crippen LogP contribution in [0.15, 0.2) is 24.3 Å². The number of nitrogens with one attached hydrogen (secondary N) is 1. The normalized spacial score (nSPS) is 17.7. The van der Waals surface area contributed by atoms with Crippen LogP contribution in [0.2, 0.25) is 0 Å². The first-order chi connectivity index (χ1) is 7.35. The number of nitrogens with two attached hydrogens (primary N) is 1. The van der Waals surface area contributed by atoms with Gasteiger partial charge in [-0.05, 0) is 29.9 Å². The van der Waals surface area contributed by atoms with Crippen molar-refractivity contribution < 1.29 is 4.74 Å². The minimum atomic E-state index is 0.252. The largest absolute Gasteiger partial charge is 0.383 e. The Balaban J connectivity index is 2.05. The van der Waals surface area contributed by atoms with E-state index >= 15 is 0 Å². The maximum atomic E-state index is 5.54. The Morgan fingerprint density at radius 2 is 2.00 bits per heavy atom. The molecule has 0 spiro atoms. The Hall–Kier alpha value is -0.900. The summed E-state index contributed by atoms with van der Waals surface area (Å²) in [5.41, 5.74) is 5.77. The molecule has 1 aliphatic rings. The van der Waals surface area contributed by atoms with Crippen LogP contribution in [0.1, 0.15) is 11.1 Å². The first kappa shape index (κ1) is 10.6. The van der Waals surface area contributed by atoms with E-state index in [4.69, 9.17) is 10.6 Å². The molecule has 15 heavy (non-hydrogen) atoms. The minimum absolute atomic E-state index is 0.252. The van der Waals surface area contributed by atoms with E-state index in [0.717, 1.165) is 12.8 Å². The molecule has 1 aliphatic carbocycles. The highest BCUT2D eigenvalue weighted by molar-refractivity contribution is 5.32. The lowest BCUT2D eigenvalue weighted by Crippen LogP contribution is -2.44. The average Bonchev–Trinajstić information content (AvgIpc) is 2.69. The predicted octanol–water partition coefficient (Wildman–Crippen LogP) is 0.880. The summed E-state index contributed by atoms with van der Waals surface area (Å²) in [5, 5.41) is 0. The zero-order valence-corrected chi connectivity index (χ0v) is 9.07. The van der Waals surface area contributed by atoms with Crippen molar-refractivity contribution in [2.24, 2.45) is 11.8 Å². The minimum Gasteiger partial charge on any atom is -0.383 e. The number of hydrogen-bond donors (Lipinski definition) is 2. The van der Waals surface area contributed by atoms with Gasteiger partial charge in [0.25, 0.3) is 0 Å². The van der Waals surface area contributed by atoms with E-state index in [2.05, 4.69) is 29.7 Å². The van der Waals surface area contributed by atoms with Gasteiger partial charge in [0.2, 0.25) is 0 Å². The number of hydrazine groups is 1. The zero-order valence-electron chi connectivity index (χ0n) is 9.07. The monoisotopic (exact) mass is 206 g/mol. The van der Waals surface area contributed by atoms with E-state index in [9.17, 15) is 0 Å². The SMILES string of the molecule is COCC(NN)C1Cc2ccccc2C1. The summed E-state index contributed by atoms with van der Waals surface area (Å²) in [6, 6.07) is 8.86. The summed E-state index contributed by atoms with van der Waals surface area (Å²) in [6.07, 6.45) is 2.21. The van der Waals surface area contributed by atoms with Crippen LogP contribution >= 0.6 is 0 Å². The van der Waals surface area contributed by atoms with Crippen LogP contribution in [0.25, 0.3) is 0 Å². The van der Waals surface area contributed by atoms with Crippen molar-refractivity contribution in [1.29, 1.82) is 0 Å². The van der Waals surface area contributed by atoms with Gasteiger partial charge in [0, 0.05) is 13.2 Å². The summed E-state index contributed by atoms with van der Waals surface area (Å²) in [5.74, 6) is 6.11. The molecule has 0 radical (unpaired) electrons. The van der Waals surface area contributed by atoms with Crippen molar-refractivity contribution >= 4 is 0 Å². The van der Waals surface area contributed by atoms with Crippen LogP contribution in [0.3, 0.4) is 0 Å². The van der Waals surface area contributed by atoms with Crippen LogP contribution in [-0.2, 0) is 17.6 Å². The Morgan fingerprint density at radius 3 is 2.47 bits per heavy atom. The topological polar surface area (TPSA) is 47.3 Å². The molecule has 0 bridgehead atoms. The fraction of sp³-hybridized carbons (Fsp3) is 0.500. The second-order valence-electron chi connectivity index (χ2n) is 4.17. The highest BCUT2D eigenvalue weighted by atomic mass is 16.5. The van der Waals surface area contributed by atoms with Crippen LogP contribution < -0.4 is 11.3 Å². The molecule has 0 saturated heterocycles. The Labute approximate surface area is 90.6 Å². The fourth-order valence-electron chi connectivity index (χ4n) is 2.38. The van der Waals surface area contributed by atoms with E-state index < -0.39 is 0 Å². The van der Waals surface area contributed by atoms with Gasteiger partial charge in [0.05, 0.1) is 6.61 Å². The molecule has 3 heteroatoms. The molecule has 0 amide bonds. The summed E-state index contributed by atoms with van der Waals surface area (Å²) >= 11 is 0. The second kappa shape index (κ2) is 4.75. The number of benzene rings is 1. The van der Waals surface area contributed by atoms with E-state index in [1.165, 1.54) is 11.1 Å². The predicted molar refractivity (Wildman–Crippen MR) is 60.3 cm³/mol. The number of fused-ring (bicyclic) bond motifs is 1. The highest BCUT2D eigenvalue weighted by Gasteiger charge is 2.27. The lowest BCUT2D eigenvalue weighted by Gasteiger charge is -2.21. The van der Waals surface area contributed by atoms with Crippen molar-refractivity contribution in [3.63, 3.8) is 0 Å². The third kappa shape index (κ3) is 2.20. The number of hydrogen-bond acceptors (Lipinski definition) is 3. The Morgan fingerprint density at radius 1 is 1.40 bits per heavy atom. The third-order valence-corrected chi connectivity index (χ3v) is 3.21. The van der Waals surface area contributed by atoms with Crippen molar-refractivity contribution in [2.75, 3.05) is 13.7 Å². The van der Waals surface area contributed by atoms with Gasteiger partial charge in [0.15, 0.2) is 0 Å². The quantitative estimate of drug-likeness (QED) is 0.568. The van der Waals surface area contributed by atoms with Gasteiger partial charge in [-0.1, -0.05) is 24.3 Å². The molecule has 3 N–H and O–H groups in total. The van der Waals surface area contributed by atoms with Gasteiger partial charge in [-0.15, -0.1) is 0 Å². The van der Waals surface area contributed by atoms with Crippen LogP contribution in [0.5, 0.6) is 0 Å². The van der Waals surface area contributed by atoms with Crippen LogP contribution in [-0.4, -0.2) is 19.8 Å². The van der Waals surface area contributed by atoms with E-state index in [0.29, 0.717) is 12.5 Å². The molecule has 0 saturated carbocycles. The molecule has 0 fully saturated rings. The van der Waals surface area contributed by atoms with E-state index in [1.807, 2.05) is 0 Å². The molecule has 1 aromatic carbocycles. The first-order valence-electron chi connectivity index (χ1n) is 5.37. The van der Waals surface area contributed by atoms with Crippen molar-refractivity contribution in [3.05, 3.63) is 35.4 Å². The first-order valence-corrected chi connectivity index (χ1v) is 5.37. The molecule has 1 atom stereocenters. The summed E-state index contributed by atoms with van der Waals surface area (Å²) in [4.78, 5) is 0. The maximum Gasteiger partial charge on any atom is 0.0632 e. The molecule has 3 nitrogen and oxygen atoms in total. The lowest BCUT2D eigenvalue weighted by molar-refractivity contribution is 0.141.